The molecule has 0 aliphatic carbocycles. The van der Waals surface area contributed by atoms with Gasteiger partial charge in [-0.2, -0.15) is 5.10 Å². The number of carbonyl (C=O) groups excluding carboxylic acids is 1. The van der Waals surface area contributed by atoms with E-state index in [4.69, 9.17) is 5.73 Å². The van der Waals surface area contributed by atoms with Crippen LogP contribution in [0.15, 0.2) is 24.3 Å². The van der Waals surface area contributed by atoms with Crippen LogP contribution in [0.3, 0.4) is 0 Å². The summed E-state index contributed by atoms with van der Waals surface area (Å²) < 4.78 is 1.82. The van der Waals surface area contributed by atoms with Crippen LogP contribution in [-0.4, -0.2) is 15.7 Å². The molecule has 5 heteroatoms. The summed E-state index contributed by atoms with van der Waals surface area (Å²) in [5.74, 6) is -0.109. The summed E-state index contributed by atoms with van der Waals surface area (Å²) in [6.07, 6.45) is 0. The minimum atomic E-state index is -0.109. The lowest BCUT2D eigenvalue weighted by Gasteiger charge is -2.06. The van der Waals surface area contributed by atoms with Crippen molar-refractivity contribution in [2.45, 2.75) is 20.4 Å². The van der Waals surface area contributed by atoms with Crippen molar-refractivity contribution < 1.29 is 4.79 Å². The smallest absolute Gasteiger partial charge is 0.251 e. The first-order valence-corrected chi connectivity index (χ1v) is 6.12. The number of carbonyl (C=O) groups is 1. The number of nitrogen functional groups attached to an aromatic ring is 1. The molecule has 0 aliphatic rings. The summed E-state index contributed by atoms with van der Waals surface area (Å²) in [6, 6.07) is 6.87. The van der Waals surface area contributed by atoms with E-state index in [0.717, 1.165) is 17.0 Å². The molecule has 2 rings (SSSR count). The highest BCUT2D eigenvalue weighted by molar-refractivity contribution is 5.94. The van der Waals surface area contributed by atoms with Crippen LogP contribution in [0.5, 0.6) is 0 Å². The molecule has 1 heterocycles. The van der Waals surface area contributed by atoms with E-state index in [1.54, 1.807) is 24.3 Å². The zero-order chi connectivity index (χ0) is 14.0. The molecule has 0 fully saturated rings. The number of hydrogen-bond acceptors (Lipinski definition) is 3. The number of rotatable bonds is 3. The first kappa shape index (κ1) is 13.1. The SMILES string of the molecule is Cc1nn(C)c(C)c1CNC(=O)c1ccc(N)cc1. The molecular formula is C14H18N4O. The zero-order valence-electron chi connectivity index (χ0n) is 11.4. The molecule has 0 saturated carbocycles. The van der Waals surface area contributed by atoms with Crippen molar-refractivity contribution in [2.24, 2.45) is 7.05 Å². The second-order valence-corrected chi connectivity index (χ2v) is 4.58. The van der Waals surface area contributed by atoms with Gasteiger partial charge in [0.05, 0.1) is 5.69 Å². The summed E-state index contributed by atoms with van der Waals surface area (Å²) in [6.45, 7) is 4.41. The van der Waals surface area contributed by atoms with Gasteiger partial charge in [0.15, 0.2) is 0 Å². The number of benzene rings is 1. The van der Waals surface area contributed by atoms with Crippen molar-refractivity contribution in [2.75, 3.05) is 5.73 Å². The van der Waals surface area contributed by atoms with Crippen LogP contribution in [0.25, 0.3) is 0 Å². The second kappa shape index (κ2) is 5.14. The standard InChI is InChI=1S/C14H18N4O/c1-9-13(10(2)18(3)17-9)8-16-14(19)11-4-6-12(15)7-5-11/h4-7H,8,15H2,1-3H3,(H,16,19). The lowest BCUT2D eigenvalue weighted by molar-refractivity contribution is 0.0951. The summed E-state index contributed by atoms with van der Waals surface area (Å²) in [5.41, 5.74) is 9.91. The average Bonchev–Trinajstić information content (AvgIpc) is 2.62. The molecule has 1 amide bonds. The highest BCUT2D eigenvalue weighted by Gasteiger charge is 2.11. The van der Waals surface area contributed by atoms with E-state index in [1.807, 2.05) is 25.6 Å². The molecule has 0 bridgehead atoms. The van der Waals surface area contributed by atoms with Gasteiger partial charge < -0.3 is 11.1 Å². The van der Waals surface area contributed by atoms with Gasteiger partial charge in [0.2, 0.25) is 0 Å². The van der Waals surface area contributed by atoms with Crippen LogP contribution in [0.4, 0.5) is 5.69 Å². The molecule has 1 aromatic heterocycles. The molecule has 2 aromatic rings. The summed E-state index contributed by atoms with van der Waals surface area (Å²) >= 11 is 0. The molecule has 19 heavy (non-hydrogen) atoms. The third-order valence-electron chi connectivity index (χ3n) is 3.26. The van der Waals surface area contributed by atoms with Crippen molar-refractivity contribution in [3.05, 3.63) is 46.8 Å². The number of amides is 1. The van der Waals surface area contributed by atoms with Gasteiger partial charge in [-0.15, -0.1) is 0 Å². The van der Waals surface area contributed by atoms with Crippen molar-refractivity contribution in [1.29, 1.82) is 0 Å². The summed E-state index contributed by atoms with van der Waals surface area (Å²) in [7, 11) is 1.90. The Bertz CT molecular complexity index is 599. The highest BCUT2D eigenvalue weighted by Crippen LogP contribution is 2.12. The van der Waals surface area contributed by atoms with Crippen LogP contribution in [0.2, 0.25) is 0 Å². The fraction of sp³-hybridized carbons (Fsp3) is 0.286. The highest BCUT2D eigenvalue weighted by atomic mass is 16.1. The van der Waals surface area contributed by atoms with Gasteiger partial charge in [-0.1, -0.05) is 0 Å². The van der Waals surface area contributed by atoms with E-state index in [-0.39, 0.29) is 5.91 Å². The summed E-state index contributed by atoms with van der Waals surface area (Å²) in [4.78, 5) is 12.0. The van der Waals surface area contributed by atoms with Gasteiger partial charge in [0, 0.05) is 36.1 Å². The average molecular weight is 258 g/mol. The molecule has 0 saturated heterocycles. The van der Waals surface area contributed by atoms with Crippen LogP contribution < -0.4 is 11.1 Å². The predicted molar refractivity (Wildman–Crippen MR) is 74.7 cm³/mol. The third-order valence-corrected chi connectivity index (χ3v) is 3.26. The fourth-order valence-corrected chi connectivity index (χ4v) is 1.98. The van der Waals surface area contributed by atoms with Gasteiger partial charge in [-0.05, 0) is 38.1 Å². The van der Waals surface area contributed by atoms with Gasteiger partial charge >= 0.3 is 0 Å². The van der Waals surface area contributed by atoms with Crippen LogP contribution >= 0.6 is 0 Å². The van der Waals surface area contributed by atoms with E-state index in [9.17, 15) is 4.79 Å². The third kappa shape index (κ3) is 2.76. The van der Waals surface area contributed by atoms with Crippen molar-refractivity contribution >= 4 is 11.6 Å². The Balaban J connectivity index is 2.06. The fourth-order valence-electron chi connectivity index (χ4n) is 1.98. The largest absolute Gasteiger partial charge is 0.399 e. The van der Waals surface area contributed by atoms with Gasteiger partial charge in [0.25, 0.3) is 5.91 Å². The molecule has 0 aliphatic heterocycles. The Labute approximate surface area is 112 Å². The molecule has 0 spiro atoms. The number of aryl methyl sites for hydroxylation is 2. The van der Waals surface area contributed by atoms with Gasteiger partial charge in [-0.3, -0.25) is 9.48 Å². The Kier molecular flexibility index (Phi) is 3.55. The number of anilines is 1. The first-order chi connectivity index (χ1) is 8.99. The molecule has 5 nitrogen and oxygen atoms in total. The molecule has 100 valence electrons. The van der Waals surface area contributed by atoms with Crippen molar-refractivity contribution in [3.63, 3.8) is 0 Å². The Morgan fingerprint density at radius 1 is 1.32 bits per heavy atom. The maximum Gasteiger partial charge on any atom is 0.251 e. The van der Waals surface area contributed by atoms with Crippen LogP contribution in [-0.2, 0) is 13.6 Å². The Morgan fingerprint density at radius 2 is 1.95 bits per heavy atom. The number of nitrogens with zero attached hydrogens (tertiary/aromatic N) is 2. The molecule has 3 N–H and O–H groups in total. The van der Waals surface area contributed by atoms with E-state index >= 15 is 0 Å². The monoisotopic (exact) mass is 258 g/mol. The molecule has 0 radical (unpaired) electrons. The minimum absolute atomic E-state index is 0.109. The summed E-state index contributed by atoms with van der Waals surface area (Å²) in [5, 5.41) is 7.22. The minimum Gasteiger partial charge on any atom is -0.399 e. The molecule has 0 atom stereocenters. The van der Waals surface area contributed by atoms with E-state index in [2.05, 4.69) is 10.4 Å². The quantitative estimate of drug-likeness (QED) is 0.820. The molecular weight excluding hydrogens is 240 g/mol. The van der Waals surface area contributed by atoms with E-state index in [0.29, 0.717) is 17.8 Å². The Hall–Kier alpha value is -2.30. The number of aromatic nitrogens is 2. The first-order valence-electron chi connectivity index (χ1n) is 6.12. The lowest BCUT2D eigenvalue weighted by atomic mass is 10.1. The lowest BCUT2D eigenvalue weighted by Crippen LogP contribution is -2.23. The molecule has 0 unspecified atom stereocenters. The predicted octanol–water partition coefficient (Wildman–Crippen LogP) is 1.55. The maximum absolute atomic E-state index is 12.0. The zero-order valence-corrected chi connectivity index (χ0v) is 11.4. The normalized spacial score (nSPS) is 10.5. The van der Waals surface area contributed by atoms with Gasteiger partial charge in [0.1, 0.15) is 0 Å². The topological polar surface area (TPSA) is 72.9 Å². The maximum atomic E-state index is 12.0. The van der Waals surface area contributed by atoms with E-state index in [1.165, 1.54) is 0 Å². The number of nitrogens with two attached hydrogens (primary N) is 1. The van der Waals surface area contributed by atoms with Crippen LogP contribution in [0, 0.1) is 13.8 Å². The van der Waals surface area contributed by atoms with Gasteiger partial charge in [-0.25, -0.2) is 0 Å². The Morgan fingerprint density at radius 3 is 2.47 bits per heavy atom. The van der Waals surface area contributed by atoms with Crippen molar-refractivity contribution in [3.8, 4) is 0 Å². The van der Waals surface area contributed by atoms with Crippen molar-refractivity contribution in [1.82, 2.24) is 15.1 Å². The second-order valence-electron chi connectivity index (χ2n) is 4.58. The van der Waals surface area contributed by atoms with Crippen LogP contribution in [0.1, 0.15) is 27.3 Å². The number of hydrogen-bond donors (Lipinski definition) is 2. The van der Waals surface area contributed by atoms with E-state index < -0.39 is 0 Å². The number of nitrogens with one attached hydrogen (secondary N) is 1. The molecule has 1 aromatic carbocycles.